The van der Waals surface area contributed by atoms with Crippen LogP contribution in [0.2, 0.25) is 0 Å². The standard InChI is InChI=1S/C23H27FN2O/c1-16-5-10-21-19(14-16)20-15-26(13-11-22(20)25(21)2)12-3-4-23(27)17-6-8-18(24)9-7-17/h5-10,14,20,22H,3-4,11-13,15H2,1-2H3/t20-,22+/m0/s1. The maximum atomic E-state index is 13.0. The van der Waals surface area contributed by atoms with Crippen molar-refractivity contribution in [2.75, 3.05) is 31.6 Å². The molecule has 2 aromatic rings. The molecule has 0 saturated carbocycles. The van der Waals surface area contributed by atoms with E-state index >= 15 is 0 Å². The van der Waals surface area contributed by atoms with Crippen LogP contribution in [0, 0.1) is 12.7 Å². The maximum absolute atomic E-state index is 13.0. The van der Waals surface area contributed by atoms with Crippen LogP contribution in [0.3, 0.4) is 0 Å². The van der Waals surface area contributed by atoms with Gasteiger partial charge in [-0.2, -0.15) is 0 Å². The average molecular weight is 366 g/mol. The number of ketones is 1. The highest BCUT2D eigenvalue weighted by molar-refractivity contribution is 5.95. The summed E-state index contributed by atoms with van der Waals surface area (Å²) in [6.07, 6.45) is 2.54. The number of halogens is 1. The van der Waals surface area contributed by atoms with E-state index in [-0.39, 0.29) is 11.6 Å². The van der Waals surface area contributed by atoms with Crippen LogP contribution in [0.25, 0.3) is 0 Å². The van der Waals surface area contributed by atoms with E-state index in [0.29, 0.717) is 23.9 Å². The van der Waals surface area contributed by atoms with E-state index < -0.39 is 0 Å². The Morgan fingerprint density at radius 3 is 2.74 bits per heavy atom. The molecule has 3 nitrogen and oxygen atoms in total. The van der Waals surface area contributed by atoms with Crippen molar-refractivity contribution in [2.45, 2.75) is 38.1 Å². The fourth-order valence-electron chi connectivity index (χ4n) is 4.69. The predicted molar refractivity (Wildman–Crippen MR) is 107 cm³/mol. The van der Waals surface area contributed by atoms with Gasteiger partial charge in [0.05, 0.1) is 0 Å². The number of likely N-dealkylation sites (tertiary alicyclic amines) is 1. The number of likely N-dealkylation sites (N-methyl/N-ethyl adjacent to an activating group) is 1. The number of carbonyl (C=O) groups is 1. The number of benzene rings is 2. The maximum Gasteiger partial charge on any atom is 0.162 e. The van der Waals surface area contributed by atoms with E-state index in [1.54, 1.807) is 12.1 Å². The minimum Gasteiger partial charge on any atom is -0.371 e. The Kier molecular flexibility index (Phi) is 5.00. The number of fused-ring (bicyclic) bond motifs is 3. The first kappa shape index (κ1) is 18.2. The molecule has 1 fully saturated rings. The smallest absolute Gasteiger partial charge is 0.162 e. The molecule has 0 N–H and O–H groups in total. The number of rotatable bonds is 5. The minimum atomic E-state index is -0.300. The third-order valence-electron chi connectivity index (χ3n) is 6.16. The van der Waals surface area contributed by atoms with Crippen LogP contribution in [-0.2, 0) is 0 Å². The molecule has 0 radical (unpaired) electrons. The highest BCUT2D eigenvalue weighted by Crippen LogP contribution is 2.44. The van der Waals surface area contributed by atoms with Gasteiger partial charge in [0.15, 0.2) is 5.78 Å². The van der Waals surface area contributed by atoms with Gasteiger partial charge in [-0.25, -0.2) is 4.39 Å². The quantitative estimate of drug-likeness (QED) is 0.733. The van der Waals surface area contributed by atoms with E-state index in [0.717, 1.165) is 26.1 Å². The Hall–Kier alpha value is -2.20. The Balaban J connectivity index is 1.34. The van der Waals surface area contributed by atoms with Crippen molar-refractivity contribution >= 4 is 11.5 Å². The molecule has 2 heterocycles. The summed E-state index contributed by atoms with van der Waals surface area (Å²) in [7, 11) is 2.22. The lowest BCUT2D eigenvalue weighted by Gasteiger charge is -2.37. The van der Waals surface area contributed by atoms with E-state index in [1.807, 2.05) is 0 Å². The van der Waals surface area contributed by atoms with E-state index in [2.05, 4.69) is 42.0 Å². The SMILES string of the molecule is Cc1ccc2c(c1)[C@@H]1CN(CCCC(=O)c3ccc(F)cc3)CC[C@H]1N2C. The van der Waals surface area contributed by atoms with Crippen molar-refractivity contribution in [3.63, 3.8) is 0 Å². The lowest BCUT2D eigenvalue weighted by molar-refractivity contribution is 0.0971. The summed E-state index contributed by atoms with van der Waals surface area (Å²) in [6.45, 7) is 5.26. The highest BCUT2D eigenvalue weighted by atomic mass is 19.1. The minimum absolute atomic E-state index is 0.103. The zero-order valence-corrected chi connectivity index (χ0v) is 16.1. The van der Waals surface area contributed by atoms with Crippen LogP contribution >= 0.6 is 0 Å². The first-order valence-electron chi connectivity index (χ1n) is 9.87. The van der Waals surface area contributed by atoms with Gasteiger partial charge in [0.25, 0.3) is 0 Å². The van der Waals surface area contributed by atoms with Gasteiger partial charge < -0.3 is 9.80 Å². The summed E-state index contributed by atoms with van der Waals surface area (Å²) in [5, 5.41) is 0. The molecule has 142 valence electrons. The van der Waals surface area contributed by atoms with Crippen LogP contribution in [0.5, 0.6) is 0 Å². The van der Waals surface area contributed by atoms with Gasteiger partial charge in [-0.1, -0.05) is 17.7 Å². The van der Waals surface area contributed by atoms with Crippen LogP contribution < -0.4 is 4.90 Å². The largest absolute Gasteiger partial charge is 0.371 e. The molecule has 0 unspecified atom stereocenters. The van der Waals surface area contributed by atoms with Gasteiger partial charge in [-0.3, -0.25) is 4.79 Å². The Bertz CT molecular complexity index is 833. The second-order valence-corrected chi connectivity index (χ2v) is 7.97. The lowest BCUT2D eigenvalue weighted by atomic mass is 9.88. The first-order chi connectivity index (χ1) is 13.0. The summed E-state index contributed by atoms with van der Waals surface area (Å²) in [4.78, 5) is 17.2. The number of hydrogen-bond donors (Lipinski definition) is 0. The molecule has 0 aliphatic carbocycles. The van der Waals surface area contributed by atoms with Crippen LogP contribution in [-0.4, -0.2) is 43.4 Å². The molecule has 0 aromatic heterocycles. The zero-order chi connectivity index (χ0) is 19.0. The molecule has 2 aliphatic heterocycles. The molecule has 1 saturated heterocycles. The number of nitrogens with zero attached hydrogens (tertiary/aromatic N) is 2. The van der Waals surface area contributed by atoms with Crippen molar-refractivity contribution in [2.24, 2.45) is 0 Å². The number of hydrogen-bond acceptors (Lipinski definition) is 3. The van der Waals surface area contributed by atoms with Crippen LogP contribution in [0.15, 0.2) is 42.5 Å². The van der Waals surface area contributed by atoms with Crippen molar-refractivity contribution < 1.29 is 9.18 Å². The predicted octanol–water partition coefficient (Wildman–Crippen LogP) is 4.40. The van der Waals surface area contributed by atoms with E-state index in [9.17, 15) is 9.18 Å². The van der Waals surface area contributed by atoms with E-state index in [4.69, 9.17) is 0 Å². The topological polar surface area (TPSA) is 23.6 Å². The van der Waals surface area contributed by atoms with Gasteiger partial charge >= 0.3 is 0 Å². The Labute approximate surface area is 160 Å². The molecule has 4 rings (SSSR count). The second kappa shape index (κ2) is 7.43. The van der Waals surface area contributed by atoms with E-state index in [1.165, 1.54) is 35.4 Å². The fraction of sp³-hybridized carbons (Fsp3) is 0.435. The van der Waals surface area contributed by atoms with Crippen molar-refractivity contribution in [1.29, 1.82) is 0 Å². The first-order valence-corrected chi connectivity index (χ1v) is 9.87. The summed E-state index contributed by atoms with van der Waals surface area (Å²) >= 11 is 0. The number of piperidine rings is 1. The molecule has 27 heavy (non-hydrogen) atoms. The monoisotopic (exact) mass is 366 g/mol. The molecule has 0 spiro atoms. The third-order valence-corrected chi connectivity index (χ3v) is 6.16. The number of aryl methyl sites for hydroxylation is 1. The Morgan fingerprint density at radius 1 is 1.19 bits per heavy atom. The Morgan fingerprint density at radius 2 is 1.96 bits per heavy atom. The normalized spacial score (nSPS) is 21.8. The summed E-state index contributed by atoms with van der Waals surface area (Å²) in [5.74, 6) is 0.365. The molecule has 0 bridgehead atoms. The average Bonchev–Trinajstić information content (AvgIpc) is 2.94. The van der Waals surface area contributed by atoms with Gasteiger partial charge in [-0.05, 0) is 62.2 Å². The number of anilines is 1. The molecule has 2 aliphatic rings. The number of carbonyl (C=O) groups excluding carboxylic acids is 1. The summed E-state index contributed by atoms with van der Waals surface area (Å²) in [5.41, 5.74) is 4.79. The fourth-order valence-corrected chi connectivity index (χ4v) is 4.69. The van der Waals surface area contributed by atoms with Gasteiger partial charge in [0.2, 0.25) is 0 Å². The molecular weight excluding hydrogens is 339 g/mol. The molecular formula is C23H27FN2O. The summed E-state index contributed by atoms with van der Waals surface area (Å²) in [6, 6.07) is 13.3. The molecule has 0 amide bonds. The van der Waals surface area contributed by atoms with Crippen molar-refractivity contribution in [3.8, 4) is 0 Å². The van der Waals surface area contributed by atoms with Gasteiger partial charge in [0, 0.05) is 49.8 Å². The highest BCUT2D eigenvalue weighted by Gasteiger charge is 2.39. The van der Waals surface area contributed by atoms with Crippen LogP contribution in [0.4, 0.5) is 10.1 Å². The van der Waals surface area contributed by atoms with Gasteiger partial charge in [0.1, 0.15) is 5.82 Å². The third kappa shape index (κ3) is 3.63. The zero-order valence-electron chi connectivity index (χ0n) is 16.1. The molecule has 2 atom stereocenters. The molecule has 4 heteroatoms. The molecule has 2 aromatic carbocycles. The van der Waals surface area contributed by atoms with Crippen LogP contribution in [0.1, 0.15) is 46.7 Å². The van der Waals surface area contributed by atoms with Gasteiger partial charge in [-0.15, -0.1) is 0 Å². The lowest BCUT2D eigenvalue weighted by Crippen LogP contribution is -2.45. The second-order valence-electron chi connectivity index (χ2n) is 7.97. The number of Topliss-reactive ketones (excluding diaryl/α,β-unsaturated/α-hetero) is 1. The van der Waals surface area contributed by atoms with Crippen molar-refractivity contribution in [1.82, 2.24) is 4.90 Å². The summed E-state index contributed by atoms with van der Waals surface area (Å²) < 4.78 is 13.0. The van der Waals surface area contributed by atoms with Crippen molar-refractivity contribution in [3.05, 3.63) is 65.0 Å².